The highest BCUT2D eigenvalue weighted by molar-refractivity contribution is 5.95. The SMILES string of the molecule is CC(C)NC(=O)c1ccccc1CCCOc1ccccc1. The highest BCUT2D eigenvalue weighted by atomic mass is 16.5. The van der Waals surface area contributed by atoms with Crippen LogP contribution in [0.3, 0.4) is 0 Å². The fourth-order valence-corrected chi connectivity index (χ4v) is 2.27. The van der Waals surface area contributed by atoms with Gasteiger partial charge in [-0.2, -0.15) is 0 Å². The number of aryl methyl sites for hydroxylation is 1. The summed E-state index contributed by atoms with van der Waals surface area (Å²) in [5.74, 6) is 0.878. The van der Waals surface area contributed by atoms with Gasteiger partial charge in [-0.05, 0) is 50.5 Å². The Kier molecular flexibility index (Phi) is 6.01. The maximum atomic E-state index is 12.2. The molecule has 0 heterocycles. The van der Waals surface area contributed by atoms with Crippen molar-refractivity contribution in [2.45, 2.75) is 32.7 Å². The molecule has 1 N–H and O–H groups in total. The molecule has 0 unspecified atom stereocenters. The van der Waals surface area contributed by atoms with Crippen LogP contribution in [-0.2, 0) is 6.42 Å². The number of para-hydroxylation sites is 1. The van der Waals surface area contributed by atoms with E-state index in [1.165, 1.54) is 0 Å². The summed E-state index contributed by atoms with van der Waals surface area (Å²) >= 11 is 0. The standard InChI is InChI=1S/C19H23NO2/c1-15(2)20-19(21)18-13-7-6-9-16(18)10-8-14-22-17-11-4-3-5-12-17/h3-7,9,11-13,15H,8,10,14H2,1-2H3,(H,20,21). The van der Waals surface area contributed by atoms with Crippen molar-refractivity contribution in [3.8, 4) is 5.75 Å². The van der Waals surface area contributed by atoms with E-state index in [0.29, 0.717) is 6.61 Å². The van der Waals surface area contributed by atoms with E-state index in [0.717, 1.165) is 29.7 Å². The summed E-state index contributed by atoms with van der Waals surface area (Å²) in [5, 5.41) is 2.95. The summed E-state index contributed by atoms with van der Waals surface area (Å²) in [6.07, 6.45) is 1.70. The van der Waals surface area contributed by atoms with Crippen molar-refractivity contribution in [2.24, 2.45) is 0 Å². The number of benzene rings is 2. The average molecular weight is 297 g/mol. The minimum Gasteiger partial charge on any atom is -0.494 e. The Hall–Kier alpha value is -2.29. The summed E-state index contributed by atoms with van der Waals surface area (Å²) in [4.78, 5) is 12.2. The van der Waals surface area contributed by atoms with Gasteiger partial charge in [0.15, 0.2) is 0 Å². The van der Waals surface area contributed by atoms with E-state index in [1.54, 1.807) is 0 Å². The lowest BCUT2D eigenvalue weighted by molar-refractivity contribution is 0.0942. The number of hydrogen-bond donors (Lipinski definition) is 1. The Morgan fingerprint density at radius 3 is 2.45 bits per heavy atom. The van der Waals surface area contributed by atoms with Gasteiger partial charge in [0.2, 0.25) is 0 Å². The molecule has 0 bridgehead atoms. The Balaban J connectivity index is 1.88. The van der Waals surface area contributed by atoms with Gasteiger partial charge in [-0.25, -0.2) is 0 Å². The average Bonchev–Trinajstić information content (AvgIpc) is 2.52. The lowest BCUT2D eigenvalue weighted by atomic mass is 10.0. The van der Waals surface area contributed by atoms with Crippen molar-refractivity contribution in [3.05, 3.63) is 65.7 Å². The highest BCUT2D eigenvalue weighted by Crippen LogP contribution is 2.13. The maximum absolute atomic E-state index is 12.2. The third kappa shape index (κ3) is 4.92. The number of amides is 1. The molecule has 1 amide bonds. The van der Waals surface area contributed by atoms with Crippen LogP contribution >= 0.6 is 0 Å². The number of carbonyl (C=O) groups is 1. The predicted molar refractivity (Wildman–Crippen MR) is 89.3 cm³/mol. The zero-order valence-corrected chi connectivity index (χ0v) is 13.2. The summed E-state index contributed by atoms with van der Waals surface area (Å²) in [5.41, 5.74) is 1.83. The lowest BCUT2D eigenvalue weighted by Gasteiger charge is -2.12. The van der Waals surface area contributed by atoms with Crippen LogP contribution in [0.1, 0.15) is 36.2 Å². The second-order valence-electron chi connectivity index (χ2n) is 5.55. The zero-order valence-electron chi connectivity index (χ0n) is 13.2. The van der Waals surface area contributed by atoms with Gasteiger partial charge in [0, 0.05) is 11.6 Å². The third-order valence-corrected chi connectivity index (χ3v) is 3.28. The van der Waals surface area contributed by atoms with E-state index in [-0.39, 0.29) is 11.9 Å². The molecule has 22 heavy (non-hydrogen) atoms. The Bertz CT molecular complexity index is 593. The molecular weight excluding hydrogens is 274 g/mol. The molecule has 2 rings (SSSR count). The summed E-state index contributed by atoms with van der Waals surface area (Å²) in [6.45, 7) is 4.58. The molecule has 0 aliphatic heterocycles. The topological polar surface area (TPSA) is 38.3 Å². The van der Waals surface area contributed by atoms with E-state index in [2.05, 4.69) is 5.32 Å². The number of rotatable bonds is 7. The molecule has 2 aromatic carbocycles. The van der Waals surface area contributed by atoms with Crippen molar-refractivity contribution in [2.75, 3.05) is 6.61 Å². The van der Waals surface area contributed by atoms with Gasteiger partial charge in [-0.15, -0.1) is 0 Å². The van der Waals surface area contributed by atoms with Gasteiger partial charge in [0.25, 0.3) is 5.91 Å². The molecule has 0 saturated heterocycles. The molecule has 0 aliphatic carbocycles. The summed E-state index contributed by atoms with van der Waals surface area (Å²) in [7, 11) is 0. The second kappa shape index (κ2) is 8.23. The van der Waals surface area contributed by atoms with Gasteiger partial charge in [-0.3, -0.25) is 4.79 Å². The van der Waals surface area contributed by atoms with E-state index >= 15 is 0 Å². The molecule has 0 atom stereocenters. The number of carbonyl (C=O) groups excluding carboxylic acids is 1. The van der Waals surface area contributed by atoms with Crippen LogP contribution in [0, 0.1) is 0 Å². The number of hydrogen-bond acceptors (Lipinski definition) is 2. The van der Waals surface area contributed by atoms with Crippen LogP contribution in [-0.4, -0.2) is 18.6 Å². The molecule has 0 aliphatic rings. The molecule has 2 aromatic rings. The van der Waals surface area contributed by atoms with Gasteiger partial charge in [0.1, 0.15) is 5.75 Å². The van der Waals surface area contributed by atoms with Gasteiger partial charge < -0.3 is 10.1 Å². The normalized spacial score (nSPS) is 10.5. The lowest BCUT2D eigenvalue weighted by Crippen LogP contribution is -2.30. The molecular formula is C19H23NO2. The first kappa shape index (κ1) is 16.1. The predicted octanol–water partition coefficient (Wildman–Crippen LogP) is 3.84. The molecule has 3 nitrogen and oxygen atoms in total. The summed E-state index contributed by atoms with van der Waals surface area (Å²) in [6, 6.07) is 17.7. The zero-order chi connectivity index (χ0) is 15.8. The molecule has 116 valence electrons. The van der Waals surface area contributed by atoms with E-state index < -0.39 is 0 Å². The minimum absolute atomic E-state index is 0.00502. The maximum Gasteiger partial charge on any atom is 0.251 e. The molecule has 0 fully saturated rings. The first-order valence-corrected chi connectivity index (χ1v) is 7.73. The summed E-state index contributed by atoms with van der Waals surface area (Å²) < 4.78 is 5.69. The van der Waals surface area contributed by atoms with Crippen molar-refractivity contribution >= 4 is 5.91 Å². The van der Waals surface area contributed by atoms with Gasteiger partial charge in [0.05, 0.1) is 6.61 Å². The highest BCUT2D eigenvalue weighted by Gasteiger charge is 2.11. The van der Waals surface area contributed by atoms with Crippen LogP contribution in [0.25, 0.3) is 0 Å². The van der Waals surface area contributed by atoms with E-state index in [9.17, 15) is 4.79 Å². The first-order valence-electron chi connectivity index (χ1n) is 7.73. The third-order valence-electron chi connectivity index (χ3n) is 3.28. The molecule has 0 spiro atoms. The molecule has 3 heteroatoms. The second-order valence-corrected chi connectivity index (χ2v) is 5.55. The van der Waals surface area contributed by atoms with Gasteiger partial charge in [-0.1, -0.05) is 36.4 Å². The number of nitrogens with one attached hydrogen (secondary N) is 1. The van der Waals surface area contributed by atoms with E-state index in [4.69, 9.17) is 4.74 Å². The smallest absolute Gasteiger partial charge is 0.251 e. The largest absolute Gasteiger partial charge is 0.494 e. The van der Waals surface area contributed by atoms with Crippen molar-refractivity contribution in [3.63, 3.8) is 0 Å². The number of ether oxygens (including phenoxy) is 1. The first-order chi connectivity index (χ1) is 10.7. The van der Waals surface area contributed by atoms with Crippen LogP contribution in [0.2, 0.25) is 0 Å². The Labute approximate surface area is 132 Å². The van der Waals surface area contributed by atoms with Crippen LogP contribution < -0.4 is 10.1 Å². The monoisotopic (exact) mass is 297 g/mol. The van der Waals surface area contributed by atoms with Crippen LogP contribution in [0.4, 0.5) is 0 Å². The van der Waals surface area contributed by atoms with Crippen molar-refractivity contribution in [1.82, 2.24) is 5.32 Å². The van der Waals surface area contributed by atoms with Crippen molar-refractivity contribution in [1.29, 1.82) is 0 Å². The van der Waals surface area contributed by atoms with E-state index in [1.807, 2.05) is 68.4 Å². The Morgan fingerprint density at radius 1 is 1.05 bits per heavy atom. The molecule has 0 saturated carbocycles. The fraction of sp³-hybridized carbons (Fsp3) is 0.316. The van der Waals surface area contributed by atoms with Crippen molar-refractivity contribution < 1.29 is 9.53 Å². The van der Waals surface area contributed by atoms with Gasteiger partial charge >= 0.3 is 0 Å². The quantitative estimate of drug-likeness (QED) is 0.789. The fourth-order valence-electron chi connectivity index (χ4n) is 2.27. The minimum atomic E-state index is -0.00502. The van der Waals surface area contributed by atoms with Crippen LogP contribution in [0.5, 0.6) is 5.75 Å². The molecule has 0 aromatic heterocycles. The molecule has 0 radical (unpaired) electrons. The Morgan fingerprint density at radius 2 is 1.73 bits per heavy atom. The van der Waals surface area contributed by atoms with Crippen LogP contribution in [0.15, 0.2) is 54.6 Å².